The van der Waals surface area contributed by atoms with Gasteiger partial charge in [0.25, 0.3) is 11.8 Å². The molecule has 2 aromatic carbocycles. The molecule has 2 aromatic rings. The molecule has 3 rings (SSSR count). The van der Waals surface area contributed by atoms with Gasteiger partial charge in [-0.15, -0.1) is 6.58 Å². The highest BCUT2D eigenvalue weighted by molar-refractivity contribution is 5.99. The molecule has 0 radical (unpaired) electrons. The van der Waals surface area contributed by atoms with Crippen LogP contribution in [0.1, 0.15) is 45.9 Å². The number of amides is 4. The van der Waals surface area contributed by atoms with E-state index in [4.69, 9.17) is 0 Å². The molecule has 1 saturated heterocycles. The molecule has 4 amide bonds. The smallest absolute Gasteiger partial charge is 0.319 e. The van der Waals surface area contributed by atoms with Gasteiger partial charge in [-0.05, 0) is 38.0 Å². The predicted molar refractivity (Wildman–Crippen MR) is 135 cm³/mol. The first-order valence-electron chi connectivity index (χ1n) is 11.8. The molecule has 1 aliphatic heterocycles. The highest BCUT2D eigenvalue weighted by Gasteiger charge is 2.41. The first kappa shape index (κ1) is 26.5. The number of hydrogen-bond donors (Lipinski definition) is 3. The zero-order valence-corrected chi connectivity index (χ0v) is 20.6. The summed E-state index contributed by atoms with van der Waals surface area (Å²) in [5.41, 5.74) is 2.92. The van der Waals surface area contributed by atoms with Crippen LogP contribution in [-0.4, -0.2) is 64.5 Å². The highest BCUT2D eigenvalue weighted by atomic mass is 16.4. The number of carbonyl (C=O) groups excluding carboxylic acids is 3. The van der Waals surface area contributed by atoms with Gasteiger partial charge in [0.15, 0.2) is 6.17 Å². The van der Waals surface area contributed by atoms with Crippen LogP contribution in [-0.2, 0) is 9.59 Å². The minimum atomic E-state index is -1.25. The average Bonchev–Trinajstić information content (AvgIpc) is 2.86. The maximum Gasteiger partial charge on any atom is 0.319 e. The molecule has 9 nitrogen and oxygen atoms in total. The molecule has 0 bridgehead atoms. The maximum atomic E-state index is 13.7. The summed E-state index contributed by atoms with van der Waals surface area (Å²) in [6, 6.07) is 12.8. The topological polar surface area (TPSA) is 119 Å². The largest absolute Gasteiger partial charge is 0.481 e. The molecule has 0 aliphatic carbocycles. The standard InChI is InChI=1S/C27H32N4O5/c1-4-13-28-27(36)31-15-6-14-30(26(35)20-11-9-18(2)10-12-20)25(31)24(34)29-22(17-23(32)33)21-8-5-7-19(3)16-21/h4-5,7-12,16,22,25H,1,6,13-15,17H2,2-3H3,(H,28,36)(H,29,34)(H,32,33). The third kappa shape index (κ3) is 6.50. The summed E-state index contributed by atoms with van der Waals surface area (Å²) in [4.78, 5) is 54.4. The van der Waals surface area contributed by atoms with Gasteiger partial charge in [-0.1, -0.05) is 53.6 Å². The second kappa shape index (κ2) is 12.0. The van der Waals surface area contributed by atoms with Crippen molar-refractivity contribution in [1.29, 1.82) is 0 Å². The zero-order chi connectivity index (χ0) is 26.2. The SMILES string of the molecule is C=CCNC(=O)N1CCCN(C(=O)c2ccc(C)cc2)C1C(=O)NC(CC(=O)O)c1cccc(C)c1. The van der Waals surface area contributed by atoms with E-state index in [0.717, 1.165) is 11.1 Å². The molecule has 0 saturated carbocycles. The summed E-state index contributed by atoms with van der Waals surface area (Å²) in [6.07, 6.45) is 0.404. The summed E-state index contributed by atoms with van der Waals surface area (Å²) >= 11 is 0. The number of rotatable bonds is 8. The van der Waals surface area contributed by atoms with E-state index in [1.54, 1.807) is 42.5 Å². The van der Waals surface area contributed by atoms with Crippen molar-refractivity contribution in [2.24, 2.45) is 0 Å². The molecule has 2 unspecified atom stereocenters. The van der Waals surface area contributed by atoms with Crippen molar-refractivity contribution in [3.63, 3.8) is 0 Å². The average molecular weight is 493 g/mol. The molecule has 2 atom stereocenters. The molecule has 0 spiro atoms. The van der Waals surface area contributed by atoms with E-state index < -0.39 is 30.1 Å². The predicted octanol–water partition coefficient (Wildman–Crippen LogP) is 3.01. The molecular formula is C27H32N4O5. The Morgan fingerprint density at radius 1 is 1.06 bits per heavy atom. The Kier molecular flexibility index (Phi) is 8.83. The fourth-order valence-corrected chi connectivity index (χ4v) is 4.22. The van der Waals surface area contributed by atoms with Crippen LogP contribution in [0, 0.1) is 13.8 Å². The zero-order valence-electron chi connectivity index (χ0n) is 20.6. The Bertz CT molecular complexity index is 1130. The summed E-state index contributed by atoms with van der Waals surface area (Å²) < 4.78 is 0. The van der Waals surface area contributed by atoms with Crippen molar-refractivity contribution >= 4 is 23.8 Å². The van der Waals surface area contributed by atoms with Crippen molar-refractivity contribution in [3.05, 3.63) is 83.4 Å². The molecule has 1 aliphatic rings. The lowest BCUT2D eigenvalue weighted by Gasteiger charge is -2.43. The van der Waals surface area contributed by atoms with Gasteiger partial charge in [-0.3, -0.25) is 19.3 Å². The third-order valence-corrected chi connectivity index (χ3v) is 5.98. The van der Waals surface area contributed by atoms with Crippen molar-refractivity contribution in [1.82, 2.24) is 20.4 Å². The van der Waals surface area contributed by atoms with E-state index in [2.05, 4.69) is 17.2 Å². The second-order valence-corrected chi connectivity index (χ2v) is 8.83. The number of aliphatic carboxylic acids is 1. The van der Waals surface area contributed by atoms with Crippen LogP contribution in [0.15, 0.2) is 61.2 Å². The molecule has 3 N–H and O–H groups in total. The van der Waals surface area contributed by atoms with Crippen LogP contribution in [0.3, 0.4) is 0 Å². The molecule has 0 aromatic heterocycles. The van der Waals surface area contributed by atoms with Gasteiger partial charge in [-0.2, -0.15) is 0 Å². The Morgan fingerprint density at radius 2 is 1.75 bits per heavy atom. The summed E-state index contributed by atoms with van der Waals surface area (Å²) in [5, 5.41) is 15.0. The molecular weight excluding hydrogens is 460 g/mol. The van der Waals surface area contributed by atoms with Gasteiger partial charge in [0.05, 0.1) is 12.5 Å². The van der Waals surface area contributed by atoms with Gasteiger partial charge in [0, 0.05) is 25.2 Å². The summed E-state index contributed by atoms with van der Waals surface area (Å²) in [6.45, 7) is 8.10. The molecule has 1 fully saturated rings. The number of nitrogens with zero attached hydrogens (tertiary/aromatic N) is 2. The number of nitrogens with one attached hydrogen (secondary N) is 2. The minimum Gasteiger partial charge on any atom is -0.481 e. The van der Waals surface area contributed by atoms with Crippen molar-refractivity contribution in [2.75, 3.05) is 19.6 Å². The summed E-state index contributed by atoms with van der Waals surface area (Å²) in [7, 11) is 0. The van der Waals surface area contributed by atoms with Crippen molar-refractivity contribution in [3.8, 4) is 0 Å². The van der Waals surface area contributed by atoms with E-state index in [1.165, 1.54) is 15.9 Å². The van der Waals surface area contributed by atoms with Gasteiger partial charge in [-0.25, -0.2) is 4.79 Å². The second-order valence-electron chi connectivity index (χ2n) is 8.83. The Hall–Kier alpha value is -4.14. The highest BCUT2D eigenvalue weighted by Crippen LogP contribution is 2.23. The lowest BCUT2D eigenvalue weighted by molar-refractivity contribution is -0.138. The van der Waals surface area contributed by atoms with E-state index in [1.807, 2.05) is 19.9 Å². The first-order valence-corrected chi connectivity index (χ1v) is 11.8. The Labute approximate surface area is 210 Å². The van der Waals surface area contributed by atoms with Gasteiger partial charge in [0.1, 0.15) is 0 Å². The van der Waals surface area contributed by atoms with E-state index in [9.17, 15) is 24.3 Å². The van der Waals surface area contributed by atoms with Crippen molar-refractivity contribution in [2.45, 2.75) is 38.9 Å². The fraction of sp³-hybridized carbons (Fsp3) is 0.333. The quantitative estimate of drug-likeness (QED) is 0.490. The third-order valence-electron chi connectivity index (χ3n) is 5.98. The van der Waals surface area contributed by atoms with Crippen molar-refractivity contribution < 1.29 is 24.3 Å². The first-order chi connectivity index (χ1) is 17.2. The normalized spacial score (nSPS) is 16.1. The number of aryl methyl sites for hydroxylation is 2. The number of carboxylic acid groups (broad SMARTS) is 1. The molecule has 9 heteroatoms. The van der Waals surface area contributed by atoms with Crippen LogP contribution in [0.4, 0.5) is 4.79 Å². The van der Waals surface area contributed by atoms with E-state index in [-0.39, 0.29) is 32.0 Å². The molecule has 190 valence electrons. The van der Waals surface area contributed by atoms with E-state index >= 15 is 0 Å². The maximum absolute atomic E-state index is 13.7. The number of benzene rings is 2. The van der Waals surface area contributed by atoms with Crippen LogP contribution in [0.5, 0.6) is 0 Å². The van der Waals surface area contributed by atoms with Crippen LogP contribution >= 0.6 is 0 Å². The molecule has 36 heavy (non-hydrogen) atoms. The van der Waals surface area contributed by atoms with Gasteiger partial charge >= 0.3 is 12.0 Å². The minimum absolute atomic E-state index is 0.195. The Balaban J connectivity index is 1.96. The van der Waals surface area contributed by atoms with E-state index in [0.29, 0.717) is 17.5 Å². The van der Waals surface area contributed by atoms with Crippen LogP contribution in [0.2, 0.25) is 0 Å². The van der Waals surface area contributed by atoms with Gasteiger partial charge in [0.2, 0.25) is 0 Å². The van der Waals surface area contributed by atoms with Crippen LogP contribution in [0.25, 0.3) is 0 Å². The Morgan fingerprint density at radius 3 is 2.39 bits per heavy atom. The number of urea groups is 1. The monoisotopic (exact) mass is 492 g/mol. The van der Waals surface area contributed by atoms with Gasteiger partial charge < -0.3 is 20.6 Å². The fourth-order valence-electron chi connectivity index (χ4n) is 4.22. The lowest BCUT2D eigenvalue weighted by atomic mass is 10.0. The van der Waals surface area contributed by atoms with Crippen LogP contribution < -0.4 is 10.6 Å². The number of carboxylic acids is 1. The number of carbonyl (C=O) groups is 4. The number of hydrogen-bond acceptors (Lipinski definition) is 4. The summed E-state index contributed by atoms with van der Waals surface area (Å²) in [5.74, 6) is -2.10. The molecule has 1 heterocycles. The lowest BCUT2D eigenvalue weighted by Crippen LogP contribution is -2.65.